The fourth-order valence-corrected chi connectivity index (χ4v) is 3.38. The second-order valence-corrected chi connectivity index (χ2v) is 7.04. The van der Waals surface area contributed by atoms with Gasteiger partial charge in [0.05, 0.1) is 12.2 Å². The van der Waals surface area contributed by atoms with Crippen molar-refractivity contribution >= 4 is 31.6 Å². The molecule has 5 nitrogen and oxygen atoms in total. The average molecular weight is 373 g/mol. The molecule has 1 aromatic heterocycles. The van der Waals surface area contributed by atoms with Crippen LogP contribution in [0.3, 0.4) is 0 Å². The minimum absolute atomic E-state index is 0.0854. The Balaban J connectivity index is 2.28. The molecule has 0 unspecified atom stereocenters. The largest absolute Gasteiger partial charge is 0.446 e. The van der Waals surface area contributed by atoms with Crippen molar-refractivity contribution in [2.45, 2.75) is 25.0 Å². The molecule has 2 N–H and O–H groups in total. The zero-order chi connectivity index (χ0) is 15.5. The van der Waals surface area contributed by atoms with Gasteiger partial charge in [0.2, 0.25) is 5.09 Å². The molecule has 0 radical (unpaired) electrons. The molecule has 0 aliphatic carbocycles. The molecule has 2 aromatic rings. The second kappa shape index (κ2) is 6.64. The molecule has 0 fully saturated rings. The summed E-state index contributed by atoms with van der Waals surface area (Å²) in [5.41, 5.74) is 1.47. The highest BCUT2D eigenvalue weighted by Crippen LogP contribution is 2.25. The SMILES string of the molecule is CCc1cc(Br)ccc1NS(=O)(=O)c1ccc(CNC)o1. The third-order valence-corrected chi connectivity index (χ3v) is 4.68. The van der Waals surface area contributed by atoms with Gasteiger partial charge in [0.25, 0.3) is 10.0 Å². The molecule has 0 aliphatic heterocycles. The first kappa shape index (κ1) is 16.1. The van der Waals surface area contributed by atoms with E-state index in [-0.39, 0.29) is 5.09 Å². The van der Waals surface area contributed by atoms with Gasteiger partial charge < -0.3 is 9.73 Å². The third kappa shape index (κ3) is 3.87. The molecule has 0 spiro atoms. The first-order valence-electron chi connectivity index (χ1n) is 6.51. The number of rotatable bonds is 6. The van der Waals surface area contributed by atoms with Crippen LogP contribution in [0.4, 0.5) is 5.69 Å². The molecule has 0 atom stereocenters. The van der Waals surface area contributed by atoms with E-state index in [1.807, 2.05) is 13.0 Å². The van der Waals surface area contributed by atoms with Gasteiger partial charge in [-0.1, -0.05) is 22.9 Å². The number of aryl methyl sites for hydroxylation is 1. The molecule has 21 heavy (non-hydrogen) atoms. The molecule has 0 amide bonds. The molecule has 7 heteroatoms. The van der Waals surface area contributed by atoms with E-state index in [4.69, 9.17) is 4.42 Å². The van der Waals surface area contributed by atoms with Crippen LogP contribution in [-0.2, 0) is 23.0 Å². The van der Waals surface area contributed by atoms with Gasteiger partial charge in [-0.3, -0.25) is 4.72 Å². The van der Waals surface area contributed by atoms with Crippen LogP contribution in [0, 0.1) is 0 Å². The van der Waals surface area contributed by atoms with Crippen LogP contribution in [0.1, 0.15) is 18.2 Å². The summed E-state index contributed by atoms with van der Waals surface area (Å²) in [5, 5.41) is 2.82. The number of hydrogen-bond donors (Lipinski definition) is 2. The molecule has 2 rings (SSSR count). The van der Waals surface area contributed by atoms with E-state index in [1.165, 1.54) is 6.07 Å². The van der Waals surface area contributed by atoms with Crippen molar-refractivity contribution in [3.63, 3.8) is 0 Å². The van der Waals surface area contributed by atoms with Crippen molar-refractivity contribution in [1.82, 2.24) is 5.32 Å². The minimum atomic E-state index is -3.72. The van der Waals surface area contributed by atoms with Crippen LogP contribution in [0.25, 0.3) is 0 Å². The molecule has 1 heterocycles. The Morgan fingerprint density at radius 1 is 1.24 bits per heavy atom. The molecule has 0 bridgehead atoms. The highest BCUT2D eigenvalue weighted by atomic mass is 79.9. The number of benzene rings is 1. The van der Waals surface area contributed by atoms with Crippen LogP contribution in [0.2, 0.25) is 0 Å². The van der Waals surface area contributed by atoms with Gasteiger partial charge in [0.15, 0.2) is 0 Å². The number of furan rings is 1. The summed E-state index contributed by atoms with van der Waals surface area (Å²) in [5.74, 6) is 0.574. The Hall–Kier alpha value is -1.31. The van der Waals surface area contributed by atoms with E-state index in [9.17, 15) is 8.42 Å². The van der Waals surface area contributed by atoms with E-state index in [1.54, 1.807) is 25.2 Å². The van der Waals surface area contributed by atoms with Gasteiger partial charge in [0.1, 0.15) is 5.76 Å². The van der Waals surface area contributed by atoms with Gasteiger partial charge in [-0.25, -0.2) is 0 Å². The Labute approximate surface area is 132 Å². The number of halogens is 1. The maximum absolute atomic E-state index is 12.3. The smallest absolute Gasteiger partial charge is 0.295 e. The van der Waals surface area contributed by atoms with Crippen molar-refractivity contribution in [2.24, 2.45) is 0 Å². The van der Waals surface area contributed by atoms with Gasteiger partial charge in [0, 0.05) is 4.47 Å². The Morgan fingerprint density at radius 2 is 2.00 bits per heavy atom. The van der Waals surface area contributed by atoms with E-state index in [0.717, 1.165) is 16.5 Å². The van der Waals surface area contributed by atoms with Crippen LogP contribution < -0.4 is 10.0 Å². The van der Waals surface area contributed by atoms with Gasteiger partial charge in [-0.05, 0) is 49.4 Å². The highest BCUT2D eigenvalue weighted by molar-refractivity contribution is 9.10. The molecule has 114 valence electrons. The lowest BCUT2D eigenvalue weighted by Crippen LogP contribution is -2.13. The van der Waals surface area contributed by atoms with Crippen molar-refractivity contribution in [1.29, 1.82) is 0 Å². The summed E-state index contributed by atoms with van der Waals surface area (Å²) >= 11 is 3.38. The summed E-state index contributed by atoms with van der Waals surface area (Å²) < 4.78 is 33.5. The van der Waals surface area contributed by atoms with Crippen LogP contribution in [0.15, 0.2) is 44.3 Å². The molecular formula is C14H17BrN2O3S. The summed E-state index contributed by atoms with van der Waals surface area (Å²) in [6, 6.07) is 8.53. The molecule has 0 saturated heterocycles. The quantitative estimate of drug-likeness (QED) is 0.816. The Morgan fingerprint density at radius 3 is 2.67 bits per heavy atom. The first-order chi connectivity index (χ1) is 9.96. The van der Waals surface area contributed by atoms with Gasteiger partial charge >= 0.3 is 0 Å². The third-order valence-electron chi connectivity index (χ3n) is 2.95. The molecule has 1 aromatic carbocycles. The van der Waals surface area contributed by atoms with Crippen molar-refractivity contribution < 1.29 is 12.8 Å². The summed E-state index contributed by atoms with van der Waals surface area (Å²) in [7, 11) is -1.95. The number of sulfonamides is 1. The first-order valence-corrected chi connectivity index (χ1v) is 8.78. The molecule has 0 saturated carbocycles. The zero-order valence-electron chi connectivity index (χ0n) is 11.8. The van der Waals surface area contributed by atoms with Crippen molar-refractivity contribution in [3.05, 3.63) is 46.1 Å². The van der Waals surface area contributed by atoms with E-state index >= 15 is 0 Å². The van der Waals surface area contributed by atoms with Crippen molar-refractivity contribution in [3.8, 4) is 0 Å². The Kier molecular flexibility index (Phi) is 5.08. The normalized spacial score (nSPS) is 11.6. The van der Waals surface area contributed by atoms with E-state index in [2.05, 4.69) is 26.0 Å². The molecule has 0 aliphatic rings. The van der Waals surface area contributed by atoms with E-state index < -0.39 is 10.0 Å². The maximum Gasteiger partial charge on any atom is 0.295 e. The predicted octanol–water partition coefficient (Wildman–Crippen LogP) is 3.12. The summed E-state index contributed by atoms with van der Waals surface area (Å²) in [6.45, 7) is 2.45. The number of hydrogen-bond acceptors (Lipinski definition) is 4. The lowest BCUT2D eigenvalue weighted by Gasteiger charge is -2.10. The van der Waals surface area contributed by atoms with Crippen LogP contribution in [-0.4, -0.2) is 15.5 Å². The summed E-state index contributed by atoms with van der Waals surface area (Å²) in [4.78, 5) is 0. The highest BCUT2D eigenvalue weighted by Gasteiger charge is 2.20. The maximum atomic E-state index is 12.3. The van der Waals surface area contributed by atoms with Gasteiger partial charge in [-0.15, -0.1) is 0 Å². The second-order valence-electron chi connectivity index (χ2n) is 4.51. The predicted molar refractivity (Wildman–Crippen MR) is 85.8 cm³/mol. The number of anilines is 1. The lowest BCUT2D eigenvalue weighted by atomic mass is 10.1. The Bertz CT molecular complexity index is 726. The topological polar surface area (TPSA) is 71.3 Å². The van der Waals surface area contributed by atoms with Gasteiger partial charge in [-0.2, -0.15) is 8.42 Å². The monoisotopic (exact) mass is 372 g/mol. The fourth-order valence-electron chi connectivity index (χ4n) is 1.92. The summed E-state index contributed by atoms with van der Waals surface area (Å²) in [6.07, 6.45) is 0.723. The lowest BCUT2D eigenvalue weighted by molar-refractivity contribution is 0.408. The van der Waals surface area contributed by atoms with Crippen LogP contribution >= 0.6 is 15.9 Å². The number of nitrogens with one attached hydrogen (secondary N) is 2. The average Bonchev–Trinajstić information content (AvgIpc) is 2.90. The zero-order valence-corrected chi connectivity index (χ0v) is 14.2. The minimum Gasteiger partial charge on any atom is -0.446 e. The van der Waals surface area contributed by atoms with E-state index in [0.29, 0.717) is 18.0 Å². The van der Waals surface area contributed by atoms with Crippen molar-refractivity contribution in [2.75, 3.05) is 11.8 Å². The van der Waals surface area contributed by atoms with Crippen LogP contribution in [0.5, 0.6) is 0 Å². The molecular weight excluding hydrogens is 356 g/mol. The fraction of sp³-hybridized carbons (Fsp3) is 0.286. The standard InChI is InChI=1S/C14H17BrN2O3S/c1-3-10-8-11(15)4-6-13(10)17-21(18,19)14-7-5-12(20-14)9-16-2/h4-8,16-17H,3,9H2,1-2H3.